The largest absolute Gasteiger partial charge is 0.465 e. The smallest absolute Gasteiger partial charge is 0.340 e. The van der Waals surface area contributed by atoms with E-state index in [0.29, 0.717) is 13.0 Å². The highest BCUT2D eigenvalue weighted by molar-refractivity contribution is 7.09. The molecule has 0 radical (unpaired) electrons. The summed E-state index contributed by atoms with van der Waals surface area (Å²) in [5, 5.41) is 5.68. The van der Waals surface area contributed by atoms with Crippen molar-refractivity contribution in [3.8, 4) is 0 Å². The fraction of sp³-hybridized carbons (Fsp3) is 0.286. The molecule has 21 heavy (non-hydrogen) atoms. The predicted molar refractivity (Wildman–Crippen MR) is 76.7 cm³/mol. The summed E-state index contributed by atoms with van der Waals surface area (Å²) in [7, 11) is 1.11. The monoisotopic (exact) mass is 312 g/mol. The average Bonchev–Trinajstić information content (AvgIpc) is 2.88. The maximum atomic E-state index is 13.8. The van der Waals surface area contributed by atoms with Crippen molar-refractivity contribution >= 4 is 23.0 Å². The molecular weight excluding hydrogens is 298 g/mol. The van der Waals surface area contributed by atoms with Crippen LogP contribution in [0.15, 0.2) is 17.5 Å². The van der Waals surface area contributed by atoms with Crippen molar-refractivity contribution in [3.63, 3.8) is 0 Å². The van der Waals surface area contributed by atoms with Crippen molar-refractivity contribution in [2.24, 2.45) is 0 Å². The number of ether oxygens (including phenoxy) is 1. The topological polar surface area (TPSA) is 51.2 Å². The van der Waals surface area contributed by atoms with Crippen LogP contribution in [0.4, 0.5) is 14.5 Å². The highest BCUT2D eigenvalue weighted by Crippen LogP contribution is 2.21. The summed E-state index contributed by atoms with van der Waals surface area (Å²) in [5.41, 5.74) is 0.486. The van der Waals surface area contributed by atoms with Gasteiger partial charge in [0.15, 0.2) is 11.6 Å². The second-order valence-corrected chi connectivity index (χ2v) is 5.38. The molecule has 1 aromatic heterocycles. The van der Waals surface area contributed by atoms with E-state index in [1.165, 1.54) is 23.5 Å². The van der Waals surface area contributed by atoms with E-state index in [9.17, 15) is 13.6 Å². The Morgan fingerprint density at radius 3 is 2.76 bits per heavy atom. The molecule has 0 amide bonds. The third-order valence-corrected chi connectivity index (χ3v) is 3.67. The van der Waals surface area contributed by atoms with Crippen LogP contribution in [0.3, 0.4) is 0 Å². The van der Waals surface area contributed by atoms with Crippen LogP contribution in [0, 0.1) is 18.6 Å². The Bertz CT molecular complexity index is 658. The molecule has 4 nitrogen and oxygen atoms in total. The summed E-state index contributed by atoms with van der Waals surface area (Å²) in [6, 6.07) is 2.51. The molecule has 0 saturated heterocycles. The molecule has 2 rings (SSSR count). The normalized spacial score (nSPS) is 10.5. The molecule has 112 valence electrons. The molecule has 0 atom stereocenters. The van der Waals surface area contributed by atoms with Crippen molar-refractivity contribution in [2.45, 2.75) is 13.3 Å². The number of methoxy groups -OCH3 is 1. The van der Waals surface area contributed by atoms with Gasteiger partial charge in [-0.2, -0.15) is 0 Å². The molecular formula is C14H14F2N2O2S. The van der Waals surface area contributed by atoms with Gasteiger partial charge in [0, 0.05) is 18.3 Å². The lowest BCUT2D eigenvalue weighted by Crippen LogP contribution is -2.11. The van der Waals surface area contributed by atoms with Gasteiger partial charge >= 0.3 is 5.97 Å². The van der Waals surface area contributed by atoms with Gasteiger partial charge < -0.3 is 10.1 Å². The van der Waals surface area contributed by atoms with Crippen LogP contribution in [0.1, 0.15) is 21.1 Å². The van der Waals surface area contributed by atoms with Gasteiger partial charge in [0.1, 0.15) is 0 Å². The summed E-state index contributed by atoms with van der Waals surface area (Å²) in [5.74, 6) is -3.21. The van der Waals surface area contributed by atoms with E-state index in [2.05, 4.69) is 15.0 Å². The molecule has 0 aliphatic heterocycles. The zero-order valence-corrected chi connectivity index (χ0v) is 12.4. The van der Waals surface area contributed by atoms with Gasteiger partial charge in [-0.15, -0.1) is 11.3 Å². The predicted octanol–water partition coefficient (Wildman–Crippen LogP) is 3.17. The van der Waals surface area contributed by atoms with Crippen molar-refractivity contribution in [1.29, 1.82) is 0 Å². The summed E-state index contributed by atoms with van der Waals surface area (Å²) in [6.45, 7) is 2.32. The van der Waals surface area contributed by atoms with Gasteiger partial charge in [0.2, 0.25) is 0 Å². The van der Waals surface area contributed by atoms with Crippen LogP contribution < -0.4 is 5.32 Å². The van der Waals surface area contributed by atoms with Crippen molar-refractivity contribution in [1.82, 2.24) is 4.98 Å². The standard InChI is InChI=1S/C14H14F2N2O2S/c1-8-18-9(7-21-8)5-6-17-11-4-3-10(14(19)20-2)12(15)13(11)16/h3-4,7,17H,5-6H2,1-2H3. The number of hydrogen-bond acceptors (Lipinski definition) is 5. The Morgan fingerprint density at radius 1 is 1.38 bits per heavy atom. The van der Waals surface area contributed by atoms with Crippen LogP contribution in [-0.4, -0.2) is 24.6 Å². The van der Waals surface area contributed by atoms with Crippen LogP contribution in [0.2, 0.25) is 0 Å². The first-order valence-electron chi connectivity index (χ1n) is 6.24. The van der Waals surface area contributed by atoms with Crippen LogP contribution >= 0.6 is 11.3 Å². The van der Waals surface area contributed by atoms with E-state index in [-0.39, 0.29) is 5.69 Å². The zero-order chi connectivity index (χ0) is 15.4. The fourth-order valence-corrected chi connectivity index (χ4v) is 2.45. The Morgan fingerprint density at radius 2 is 2.14 bits per heavy atom. The van der Waals surface area contributed by atoms with Gasteiger partial charge in [0.25, 0.3) is 0 Å². The SMILES string of the molecule is COC(=O)c1ccc(NCCc2csc(C)n2)c(F)c1F. The highest BCUT2D eigenvalue weighted by Gasteiger charge is 2.18. The maximum absolute atomic E-state index is 13.8. The van der Waals surface area contributed by atoms with E-state index in [1.54, 1.807) is 0 Å². The molecule has 7 heteroatoms. The van der Waals surface area contributed by atoms with Gasteiger partial charge in [-0.25, -0.2) is 18.6 Å². The minimum atomic E-state index is -1.21. The maximum Gasteiger partial charge on any atom is 0.340 e. The number of aromatic nitrogens is 1. The van der Waals surface area contributed by atoms with Crippen molar-refractivity contribution in [2.75, 3.05) is 19.0 Å². The lowest BCUT2D eigenvalue weighted by atomic mass is 10.1. The Labute approximate surface area is 124 Å². The van der Waals surface area contributed by atoms with E-state index >= 15 is 0 Å². The van der Waals surface area contributed by atoms with Gasteiger partial charge in [0.05, 0.1) is 29.1 Å². The number of hydrogen-bond donors (Lipinski definition) is 1. The molecule has 0 aliphatic carbocycles. The quantitative estimate of drug-likeness (QED) is 0.862. The van der Waals surface area contributed by atoms with Gasteiger partial charge in [-0.05, 0) is 19.1 Å². The van der Waals surface area contributed by atoms with E-state index in [1.807, 2.05) is 12.3 Å². The Balaban J connectivity index is 2.04. The number of anilines is 1. The molecule has 2 aromatic rings. The third-order valence-electron chi connectivity index (χ3n) is 2.85. The molecule has 1 heterocycles. The number of nitrogens with one attached hydrogen (secondary N) is 1. The average molecular weight is 312 g/mol. The van der Waals surface area contributed by atoms with E-state index < -0.39 is 23.2 Å². The molecule has 0 bridgehead atoms. The van der Waals surface area contributed by atoms with Gasteiger partial charge in [-0.3, -0.25) is 0 Å². The lowest BCUT2D eigenvalue weighted by Gasteiger charge is -2.09. The number of carbonyl (C=O) groups is 1. The molecule has 0 aliphatic rings. The van der Waals surface area contributed by atoms with Crippen molar-refractivity contribution in [3.05, 3.63) is 45.4 Å². The number of aryl methyl sites for hydroxylation is 1. The van der Waals surface area contributed by atoms with Crippen molar-refractivity contribution < 1.29 is 18.3 Å². The molecule has 0 unspecified atom stereocenters. The van der Waals surface area contributed by atoms with Gasteiger partial charge in [-0.1, -0.05) is 0 Å². The van der Waals surface area contributed by atoms with E-state index in [0.717, 1.165) is 17.8 Å². The highest BCUT2D eigenvalue weighted by atomic mass is 32.1. The molecule has 0 fully saturated rings. The first-order valence-corrected chi connectivity index (χ1v) is 7.12. The molecule has 1 aromatic carbocycles. The summed E-state index contributed by atoms with van der Waals surface area (Å²) < 4.78 is 31.9. The zero-order valence-electron chi connectivity index (χ0n) is 11.6. The van der Waals surface area contributed by atoms with Crippen LogP contribution in [0.5, 0.6) is 0 Å². The molecule has 0 spiro atoms. The second kappa shape index (κ2) is 6.62. The van der Waals surface area contributed by atoms with Crippen LogP contribution in [0.25, 0.3) is 0 Å². The Hall–Kier alpha value is -2.02. The number of thiazole rings is 1. The minimum absolute atomic E-state index is 0.00658. The fourth-order valence-electron chi connectivity index (χ4n) is 1.80. The summed E-state index contributed by atoms with van der Waals surface area (Å²) in [4.78, 5) is 15.5. The first kappa shape index (κ1) is 15.4. The number of carbonyl (C=O) groups excluding carboxylic acids is 1. The number of rotatable bonds is 5. The summed E-state index contributed by atoms with van der Waals surface area (Å²) >= 11 is 1.54. The number of nitrogens with zero attached hydrogens (tertiary/aromatic N) is 1. The number of halogens is 2. The third kappa shape index (κ3) is 3.55. The second-order valence-electron chi connectivity index (χ2n) is 4.31. The first-order chi connectivity index (χ1) is 10.0. The number of esters is 1. The lowest BCUT2D eigenvalue weighted by molar-refractivity contribution is 0.0594. The van der Waals surface area contributed by atoms with E-state index in [4.69, 9.17) is 0 Å². The Kier molecular flexibility index (Phi) is 4.85. The molecule has 0 saturated carbocycles. The molecule has 1 N–H and O–H groups in total. The minimum Gasteiger partial charge on any atom is -0.465 e. The van der Waals surface area contributed by atoms with Crippen LogP contribution in [-0.2, 0) is 11.2 Å². The number of benzene rings is 1. The summed E-state index contributed by atoms with van der Waals surface area (Å²) in [6.07, 6.45) is 0.601.